The molecule has 1 aromatic carbocycles. The van der Waals surface area contributed by atoms with E-state index in [1.54, 1.807) is 39.2 Å². The van der Waals surface area contributed by atoms with E-state index in [0.717, 1.165) is 0 Å². The van der Waals surface area contributed by atoms with Crippen LogP contribution in [0.1, 0.15) is 43.9 Å². The zero-order valence-electron chi connectivity index (χ0n) is 26.0. The molecular formula is C31H40N4O9. The number of anilines is 1. The van der Waals surface area contributed by atoms with Gasteiger partial charge in [0, 0.05) is 43.4 Å². The van der Waals surface area contributed by atoms with Gasteiger partial charge in [0.2, 0.25) is 5.78 Å². The number of ketones is 2. The molecule has 0 spiro atoms. The molecule has 4 atom stereocenters. The summed E-state index contributed by atoms with van der Waals surface area (Å²) in [5.74, 6) is -7.08. The fourth-order valence-corrected chi connectivity index (χ4v) is 6.43. The molecule has 0 saturated heterocycles. The highest BCUT2D eigenvalue weighted by Gasteiger charge is 2.64. The summed E-state index contributed by atoms with van der Waals surface area (Å²) in [4.78, 5) is 58.8. The summed E-state index contributed by atoms with van der Waals surface area (Å²) in [6, 6.07) is 0.498. The first-order valence-electron chi connectivity index (χ1n) is 14.2. The number of aromatic hydroxyl groups is 1. The van der Waals surface area contributed by atoms with Crippen molar-refractivity contribution in [3.63, 3.8) is 0 Å². The van der Waals surface area contributed by atoms with E-state index in [0.29, 0.717) is 11.3 Å². The van der Waals surface area contributed by atoms with Gasteiger partial charge in [-0.15, -0.1) is 0 Å². The molecule has 4 rings (SSSR count). The molecule has 3 aliphatic rings. The zero-order chi connectivity index (χ0) is 33.0. The van der Waals surface area contributed by atoms with E-state index in [-0.39, 0.29) is 53.9 Å². The average Bonchev–Trinajstić information content (AvgIpc) is 2.92. The third kappa shape index (κ3) is 5.23. The number of aliphatic hydroxyl groups is 3. The fourth-order valence-electron chi connectivity index (χ4n) is 6.43. The lowest BCUT2D eigenvalue weighted by Crippen LogP contribution is -2.65. The summed E-state index contributed by atoms with van der Waals surface area (Å²) < 4.78 is 5.24. The molecule has 1 saturated carbocycles. The van der Waals surface area contributed by atoms with Crippen molar-refractivity contribution in [3.8, 4) is 5.75 Å². The van der Waals surface area contributed by atoms with E-state index in [1.807, 2.05) is 20.8 Å². The number of phenols is 1. The molecule has 0 bridgehead atoms. The largest absolute Gasteiger partial charge is 0.508 e. The second kappa shape index (κ2) is 11.4. The molecular weight excluding hydrogens is 572 g/mol. The number of ether oxygens (including phenoxy) is 1. The zero-order valence-corrected chi connectivity index (χ0v) is 26.0. The Hall–Kier alpha value is -4.23. The minimum atomic E-state index is -2.73. The van der Waals surface area contributed by atoms with E-state index in [4.69, 9.17) is 4.74 Å². The Labute approximate surface area is 255 Å². The highest BCUT2D eigenvalue weighted by atomic mass is 16.5. The van der Waals surface area contributed by atoms with Crippen LogP contribution in [0.25, 0.3) is 5.76 Å². The lowest BCUT2D eigenvalue weighted by molar-refractivity contribution is -0.153. The number of aliphatic imine (C=N–C) groups is 1. The van der Waals surface area contributed by atoms with Crippen molar-refractivity contribution in [2.45, 2.75) is 51.8 Å². The van der Waals surface area contributed by atoms with E-state index >= 15 is 0 Å². The van der Waals surface area contributed by atoms with Crippen molar-refractivity contribution >= 4 is 41.7 Å². The number of hydrogen-bond acceptors (Lipinski definition) is 11. The van der Waals surface area contributed by atoms with Crippen LogP contribution in [0, 0.1) is 17.3 Å². The summed E-state index contributed by atoms with van der Waals surface area (Å²) in [6.07, 6.45) is -0.571. The molecule has 1 fully saturated rings. The number of phenolic OH excluding ortho intramolecular Hbond substituents is 1. The molecule has 1 aromatic rings. The predicted octanol–water partition coefficient (Wildman–Crippen LogP) is 2.04. The van der Waals surface area contributed by atoms with Gasteiger partial charge in [0.05, 0.1) is 18.2 Å². The van der Waals surface area contributed by atoms with Crippen LogP contribution in [0.2, 0.25) is 0 Å². The van der Waals surface area contributed by atoms with Gasteiger partial charge in [-0.25, -0.2) is 9.79 Å². The van der Waals surface area contributed by atoms with Gasteiger partial charge < -0.3 is 35.4 Å². The van der Waals surface area contributed by atoms with Crippen LogP contribution in [-0.2, 0) is 32.1 Å². The van der Waals surface area contributed by atoms with E-state index in [2.05, 4.69) is 17.0 Å². The van der Waals surface area contributed by atoms with Crippen LogP contribution >= 0.6 is 0 Å². The number of alkyl carbamates (subject to hydrolysis) is 1. The molecule has 0 aliphatic heterocycles. The smallest absolute Gasteiger partial charge is 0.407 e. The number of likely N-dealkylation sites (N-methyl/N-ethyl adjacent to an activating group) is 1. The minimum Gasteiger partial charge on any atom is -0.508 e. The van der Waals surface area contributed by atoms with Crippen molar-refractivity contribution in [1.82, 2.24) is 10.2 Å². The number of benzene rings is 1. The number of rotatable bonds is 6. The van der Waals surface area contributed by atoms with E-state index < -0.39 is 64.1 Å². The molecule has 0 unspecified atom stereocenters. The second-order valence-corrected chi connectivity index (χ2v) is 13.2. The Morgan fingerprint density at radius 1 is 1.16 bits per heavy atom. The highest BCUT2D eigenvalue weighted by Crippen LogP contribution is 2.54. The summed E-state index contributed by atoms with van der Waals surface area (Å²) in [6.45, 7) is 8.84. The summed E-state index contributed by atoms with van der Waals surface area (Å²) in [7, 11) is 6.63. The first-order valence-corrected chi connectivity index (χ1v) is 14.2. The van der Waals surface area contributed by atoms with Gasteiger partial charge in [-0.3, -0.25) is 19.3 Å². The molecule has 13 nitrogen and oxygen atoms in total. The van der Waals surface area contributed by atoms with Crippen molar-refractivity contribution in [2.24, 2.45) is 22.2 Å². The first kappa shape index (κ1) is 32.7. The number of carbonyl (C=O) groups is 4. The molecule has 0 heterocycles. The number of carbonyl (C=O) groups excluding carboxylic acids is 4. The van der Waals surface area contributed by atoms with Gasteiger partial charge in [0.1, 0.15) is 22.8 Å². The molecule has 44 heavy (non-hydrogen) atoms. The summed E-state index contributed by atoms with van der Waals surface area (Å²) in [5.41, 5.74) is -2.78. The second-order valence-electron chi connectivity index (χ2n) is 13.2. The molecule has 3 aliphatic carbocycles. The number of fused-ring (bicyclic) bond motifs is 3. The Balaban J connectivity index is 1.85. The maximum Gasteiger partial charge on any atom is 0.407 e. The number of nitrogens with one attached hydrogen (secondary N) is 1. The average molecular weight is 613 g/mol. The van der Waals surface area contributed by atoms with Crippen LogP contribution in [0.4, 0.5) is 10.5 Å². The number of aliphatic hydroxyl groups excluding tert-OH is 2. The minimum absolute atomic E-state index is 0.0146. The first-order chi connectivity index (χ1) is 20.4. The van der Waals surface area contributed by atoms with Gasteiger partial charge >= 0.3 is 6.09 Å². The summed E-state index contributed by atoms with van der Waals surface area (Å²) >= 11 is 0. The number of amides is 2. The molecule has 13 heteroatoms. The van der Waals surface area contributed by atoms with Gasteiger partial charge in [-0.1, -0.05) is 20.8 Å². The Kier molecular flexibility index (Phi) is 8.44. The van der Waals surface area contributed by atoms with E-state index in [1.165, 1.54) is 4.90 Å². The lowest BCUT2D eigenvalue weighted by Gasteiger charge is -2.50. The molecule has 5 N–H and O–H groups in total. The molecule has 238 valence electrons. The van der Waals surface area contributed by atoms with Crippen LogP contribution in [0.3, 0.4) is 0 Å². The van der Waals surface area contributed by atoms with Crippen molar-refractivity contribution in [3.05, 3.63) is 39.7 Å². The van der Waals surface area contributed by atoms with Crippen molar-refractivity contribution in [1.29, 1.82) is 0 Å². The number of hydrogen-bond donors (Lipinski definition) is 5. The Morgan fingerprint density at radius 2 is 1.80 bits per heavy atom. The SMILES string of the molecule is C=NC(=O)C1=C(O)[C@@]2(O)C(=O)C3=C(O)c4c(O)c(CNC(=O)OCC(C)(C)C)cc(N(C)C)c4C[C@H]3C[C@H]2[C@H](N(C)C)C1=O. The van der Waals surface area contributed by atoms with Crippen molar-refractivity contribution < 1.29 is 44.3 Å². The standard InChI is InChI=1S/C31H40N4O9/c1-30(2,3)13-44-29(42)33-12-15-11-18(34(5)6)16-9-14-10-17-22(35(7)8)25(38)21(28(41)32-4)27(40)31(17,43)26(39)19(14)24(37)20(16)23(15)36/h11,14,17,22,36-37,40,43H,4,9-10,12-13H2,1-3,5-8H3,(H,33,42)/t14-,17-,22-,31-/m0/s1. The molecule has 0 aromatic heterocycles. The third-order valence-corrected chi connectivity index (χ3v) is 8.43. The maximum atomic E-state index is 14.1. The van der Waals surface area contributed by atoms with Crippen LogP contribution in [0.5, 0.6) is 5.75 Å². The van der Waals surface area contributed by atoms with Gasteiger partial charge in [0.15, 0.2) is 11.4 Å². The maximum absolute atomic E-state index is 14.1. The topological polar surface area (TPSA) is 189 Å². The van der Waals surface area contributed by atoms with Crippen LogP contribution < -0.4 is 10.2 Å². The summed E-state index contributed by atoms with van der Waals surface area (Å²) in [5, 5.41) is 48.6. The normalized spacial score (nSPS) is 24.9. The highest BCUT2D eigenvalue weighted by molar-refractivity contribution is 6.25. The quantitative estimate of drug-likeness (QED) is 0.234. The number of Topliss-reactive ketones (excluding diaryl/α,β-unsaturated/α-hetero) is 2. The molecule has 2 amide bonds. The lowest BCUT2D eigenvalue weighted by atomic mass is 9.57. The monoisotopic (exact) mass is 612 g/mol. The van der Waals surface area contributed by atoms with Gasteiger partial charge in [-0.05, 0) is 56.6 Å². The van der Waals surface area contributed by atoms with Crippen LogP contribution in [0.15, 0.2) is 28.0 Å². The Bertz CT molecular complexity index is 1520. The number of nitrogens with zero attached hydrogens (tertiary/aromatic N) is 3. The van der Waals surface area contributed by atoms with Gasteiger partial charge in [0.25, 0.3) is 5.91 Å². The van der Waals surface area contributed by atoms with Crippen molar-refractivity contribution in [2.75, 3.05) is 39.7 Å². The Morgan fingerprint density at radius 3 is 2.34 bits per heavy atom. The fraction of sp³-hybridized carbons (Fsp3) is 0.516. The molecule has 0 radical (unpaired) electrons. The predicted molar refractivity (Wildman–Crippen MR) is 162 cm³/mol. The van der Waals surface area contributed by atoms with Crippen LogP contribution in [-0.4, -0.2) is 102 Å². The van der Waals surface area contributed by atoms with E-state index in [9.17, 15) is 39.6 Å². The van der Waals surface area contributed by atoms with Gasteiger partial charge in [-0.2, -0.15) is 0 Å². The third-order valence-electron chi connectivity index (χ3n) is 8.43.